The Morgan fingerprint density at radius 1 is 1.25 bits per heavy atom. The van der Waals surface area contributed by atoms with Gasteiger partial charge in [0.15, 0.2) is 0 Å². The highest BCUT2D eigenvalue weighted by Crippen LogP contribution is 2.54. The van der Waals surface area contributed by atoms with E-state index < -0.39 is 0 Å². The van der Waals surface area contributed by atoms with E-state index in [1.807, 2.05) is 6.20 Å². The summed E-state index contributed by atoms with van der Waals surface area (Å²) >= 11 is 0. The van der Waals surface area contributed by atoms with Crippen LogP contribution in [0, 0.1) is 5.92 Å². The van der Waals surface area contributed by atoms with Crippen molar-refractivity contribution >= 4 is 0 Å². The summed E-state index contributed by atoms with van der Waals surface area (Å²) in [6.07, 6.45) is 7.34. The minimum absolute atomic E-state index is 0.00537. The second-order valence-corrected chi connectivity index (χ2v) is 7.94. The number of hydrogen-bond acceptors (Lipinski definition) is 5. The first kappa shape index (κ1) is 14.4. The van der Waals surface area contributed by atoms with E-state index in [0.717, 1.165) is 36.7 Å². The van der Waals surface area contributed by atoms with Crippen LogP contribution in [0.2, 0.25) is 0 Å². The largest absolute Gasteiger partial charge is 0.481 e. The maximum absolute atomic E-state index is 5.66. The van der Waals surface area contributed by atoms with E-state index >= 15 is 0 Å². The molecule has 2 heterocycles. The van der Waals surface area contributed by atoms with Crippen molar-refractivity contribution in [2.45, 2.75) is 63.2 Å². The minimum atomic E-state index is 0.00537. The maximum atomic E-state index is 5.66. The van der Waals surface area contributed by atoms with Crippen LogP contribution in [0.3, 0.4) is 0 Å². The molecule has 1 saturated carbocycles. The van der Waals surface area contributed by atoms with E-state index in [4.69, 9.17) is 19.2 Å². The van der Waals surface area contributed by atoms with Crippen LogP contribution < -0.4 is 4.74 Å². The van der Waals surface area contributed by atoms with Crippen molar-refractivity contribution in [1.82, 2.24) is 15.1 Å². The van der Waals surface area contributed by atoms with E-state index in [1.54, 1.807) is 7.11 Å². The lowest BCUT2D eigenvalue weighted by atomic mass is 9.56. The molecule has 2 aromatic heterocycles. The van der Waals surface area contributed by atoms with E-state index in [2.05, 4.69) is 19.0 Å². The SMILES string of the molecule is COc1nc(C2CC2)nc2c1CC[C@H]1[C@H](C)c3oncc3C[C@]21C. The van der Waals surface area contributed by atoms with Crippen molar-refractivity contribution in [3.8, 4) is 5.88 Å². The van der Waals surface area contributed by atoms with Crippen LogP contribution in [0.5, 0.6) is 5.88 Å². The van der Waals surface area contributed by atoms with Crippen LogP contribution in [0.15, 0.2) is 10.7 Å². The fourth-order valence-electron chi connectivity index (χ4n) is 5.04. The van der Waals surface area contributed by atoms with Crippen molar-refractivity contribution in [2.75, 3.05) is 7.11 Å². The quantitative estimate of drug-likeness (QED) is 0.845. The summed E-state index contributed by atoms with van der Waals surface area (Å²) < 4.78 is 11.2. The number of fused-ring (bicyclic) bond motifs is 4. The van der Waals surface area contributed by atoms with E-state index in [1.165, 1.54) is 29.7 Å². The van der Waals surface area contributed by atoms with Gasteiger partial charge in [0, 0.05) is 28.4 Å². The first-order chi connectivity index (χ1) is 11.6. The Balaban J connectivity index is 1.70. The fourth-order valence-corrected chi connectivity index (χ4v) is 5.04. The Hall–Kier alpha value is -1.91. The number of ether oxygens (including phenoxy) is 1. The first-order valence-electron chi connectivity index (χ1n) is 9.00. The minimum Gasteiger partial charge on any atom is -0.481 e. The molecule has 0 unspecified atom stereocenters. The third-order valence-corrected chi connectivity index (χ3v) is 6.44. The lowest BCUT2D eigenvalue weighted by Crippen LogP contribution is -2.45. The summed E-state index contributed by atoms with van der Waals surface area (Å²) in [6, 6.07) is 0. The predicted octanol–water partition coefficient (Wildman–Crippen LogP) is 3.53. The molecule has 0 spiro atoms. The fraction of sp³-hybridized carbons (Fsp3) is 0.632. The van der Waals surface area contributed by atoms with Crippen LogP contribution in [-0.2, 0) is 18.3 Å². The molecular weight excluding hydrogens is 302 g/mol. The lowest BCUT2D eigenvalue weighted by Gasteiger charge is -2.47. The molecule has 3 aliphatic rings. The smallest absolute Gasteiger partial charge is 0.219 e. The molecule has 5 rings (SSSR count). The molecule has 1 fully saturated rings. The number of nitrogens with zero attached hydrogens (tertiary/aromatic N) is 3. The molecule has 5 heteroatoms. The highest BCUT2D eigenvalue weighted by molar-refractivity contribution is 5.44. The molecule has 3 atom stereocenters. The summed E-state index contributed by atoms with van der Waals surface area (Å²) in [6.45, 7) is 4.64. The van der Waals surface area contributed by atoms with Gasteiger partial charge in [-0.2, -0.15) is 4.98 Å². The van der Waals surface area contributed by atoms with Gasteiger partial charge in [-0.1, -0.05) is 19.0 Å². The Morgan fingerprint density at radius 2 is 2.08 bits per heavy atom. The van der Waals surface area contributed by atoms with Gasteiger partial charge in [-0.05, 0) is 38.0 Å². The van der Waals surface area contributed by atoms with E-state index in [-0.39, 0.29) is 5.41 Å². The molecule has 24 heavy (non-hydrogen) atoms. The van der Waals surface area contributed by atoms with Gasteiger partial charge in [-0.3, -0.25) is 0 Å². The van der Waals surface area contributed by atoms with Crippen LogP contribution in [0.4, 0.5) is 0 Å². The monoisotopic (exact) mass is 325 g/mol. The van der Waals surface area contributed by atoms with E-state index in [0.29, 0.717) is 17.8 Å². The van der Waals surface area contributed by atoms with Gasteiger partial charge >= 0.3 is 0 Å². The van der Waals surface area contributed by atoms with Gasteiger partial charge in [-0.25, -0.2) is 4.98 Å². The normalized spacial score (nSPS) is 31.1. The van der Waals surface area contributed by atoms with Gasteiger partial charge in [0.25, 0.3) is 0 Å². The second-order valence-electron chi connectivity index (χ2n) is 7.94. The Morgan fingerprint density at radius 3 is 2.83 bits per heavy atom. The summed E-state index contributed by atoms with van der Waals surface area (Å²) in [5.41, 5.74) is 3.67. The topological polar surface area (TPSA) is 61.0 Å². The summed E-state index contributed by atoms with van der Waals surface area (Å²) in [4.78, 5) is 9.81. The third-order valence-electron chi connectivity index (χ3n) is 6.44. The highest BCUT2D eigenvalue weighted by Gasteiger charge is 2.51. The summed E-state index contributed by atoms with van der Waals surface area (Å²) in [5.74, 6) is 4.28. The second kappa shape index (κ2) is 4.80. The maximum Gasteiger partial charge on any atom is 0.219 e. The Kier molecular flexibility index (Phi) is 2.89. The first-order valence-corrected chi connectivity index (χ1v) is 9.00. The van der Waals surface area contributed by atoms with Gasteiger partial charge in [-0.15, -0.1) is 0 Å². The van der Waals surface area contributed by atoms with Crippen molar-refractivity contribution in [2.24, 2.45) is 5.92 Å². The molecule has 0 saturated heterocycles. The van der Waals surface area contributed by atoms with Crippen molar-refractivity contribution < 1.29 is 9.26 Å². The van der Waals surface area contributed by atoms with Gasteiger partial charge in [0.05, 0.1) is 19.0 Å². The van der Waals surface area contributed by atoms with E-state index in [9.17, 15) is 0 Å². The zero-order valence-corrected chi connectivity index (χ0v) is 14.5. The third kappa shape index (κ3) is 1.84. The standard InChI is InChI=1S/C19H23N3O2/c1-10-14-7-6-13-16(19(14,2)8-12-9-20-24-15(10)12)21-17(11-4-5-11)22-18(13)23-3/h9-11,14H,4-8H2,1-3H3/t10-,14-,19-/m0/s1. The number of aromatic nitrogens is 3. The summed E-state index contributed by atoms with van der Waals surface area (Å²) in [7, 11) is 1.73. The average Bonchev–Trinajstić information content (AvgIpc) is 3.33. The number of hydrogen-bond donors (Lipinski definition) is 0. The summed E-state index contributed by atoms with van der Waals surface area (Å²) in [5, 5.41) is 4.06. The van der Waals surface area contributed by atoms with Gasteiger partial charge < -0.3 is 9.26 Å². The molecule has 0 N–H and O–H groups in total. The molecular formula is C19H23N3O2. The van der Waals surface area contributed by atoms with Crippen LogP contribution in [-0.4, -0.2) is 22.2 Å². The molecule has 0 bridgehead atoms. The molecule has 0 amide bonds. The molecule has 0 aliphatic heterocycles. The van der Waals surface area contributed by atoms with Crippen molar-refractivity contribution in [1.29, 1.82) is 0 Å². The Labute approximate surface area is 141 Å². The van der Waals surface area contributed by atoms with Crippen LogP contribution in [0.1, 0.15) is 73.4 Å². The predicted molar refractivity (Wildman–Crippen MR) is 88.3 cm³/mol. The lowest BCUT2D eigenvalue weighted by molar-refractivity contribution is 0.169. The highest BCUT2D eigenvalue weighted by atomic mass is 16.5. The molecule has 2 aromatic rings. The average molecular weight is 325 g/mol. The van der Waals surface area contributed by atoms with Crippen molar-refractivity contribution in [3.05, 3.63) is 34.6 Å². The zero-order valence-electron chi connectivity index (χ0n) is 14.5. The number of methoxy groups -OCH3 is 1. The molecule has 0 radical (unpaired) electrons. The van der Waals surface area contributed by atoms with Crippen molar-refractivity contribution in [3.63, 3.8) is 0 Å². The van der Waals surface area contributed by atoms with Gasteiger partial charge in [0.2, 0.25) is 5.88 Å². The molecule has 0 aromatic carbocycles. The number of rotatable bonds is 2. The molecule has 3 aliphatic carbocycles. The Bertz CT molecular complexity index is 811. The van der Waals surface area contributed by atoms with Gasteiger partial charge in [0.1, 0.15) is 11.6 Å². The van der Waals surface area contributed by atoms with Crippen LogP contribution in [0.25, 0.3) is 0 Å². The zero-order chi connectivity index (χ0) is 16.5. The molecule has 126 valence electrons. The molecule has 5 nitrogen and oxygen atoms in total. The van der Waals surface area contributed by atoms with Crippen LogP contribution >= 0.6 is 0 Å².